The summed E-state index contributed by atoms with van der Waals surface area (Å²) in [7, 11) is -3.72. The number of carbonyl (C=O) groups excluding carboxylic acids is 1. The number of anilines is 2. The number of nitrogens with one attached hydrogen (secondary N) is 3. The number of aromatic amines is 1. The minimum atomic E-state index is -3.72. The lowest BCUT2D eigenvalue weighted by atomic mass is 10.1. The molecule has 1 aliphatic heterocycles. The SMILES string of the molecule is O=C(NC1CN(S(=O)(=O)c2ccc(F)cc2)C1)c1cccc(Sc2cc(Nc3ccccn3)n[nH]2)c1. The molecule has 0 radical (unpaired) electrons. The van der Waals surface area contributed by atoms with Crippen LogP contribution < -0.4 is 10.6 Å². The summed E-state index contributed by atoms with van der Waals surface area (Å²) >= 11 is 1.42. The van der Waals surface area contributed by atoms with Gasteiger partial charge >= 0.3 is 0 Å². The minimum absolute atomic E-state index is 0.0237. The third-order valence-corrected chi connectivity index (χ3v) is 8.20. The van der Waals surface area contributed by atoms with Crippen LogP contribution in [0.5, 0.6) is 0 Å². The molecule has 0 saturated carbocycles. The zero-order valence-electron chi connectivity index (χ0n) is 18.8. The molecule has 36 heavy (non-hydrogen) atoms. The fourth-order valence-corrected chi connectivity index (χ4v) is 5.94. The normalized spacial score (nSPS) is 14.2. The van der Waals surface area contributed by atoms with Crippen LogP contribution in [0, 0.1) is 5.82 Å². The van der Waals surface area contributed by atoms with Gasteiger partial charge in [-0.1, -0.05) is 23.9 Å². The maximum Gasteiger partial charge on any atom is 0.251 e. The fraction of sp³-hybridized carbons (Fsp3) is 0.125. The molecule has 2 aromatic carbocycles. The van der Waals surface area contributed by atoms with Crippen LogP contribution in [0.3, 0.4) is 0 Å². The summed E-state index contributed by atoms with van der Waals surface area (Å²) in [6.45, 7) is 0.306. The molecule has 1 aliphatic rings. The van der Waals surface area contributed by atoms with Crippen molar-refractivity contribution < 1.29 is 17.6 Å². The van der Waals surface area contributed by atoms with E-state index < -0.39 is 15.8 Å². The quantitative estimate of drug-likeness (QED) is 0.322. The van der Waals surface area contributed by atoms with Crippen molar-refractivity contribution in [1.29, 1.82) is 0 Å². The lowest BCUT2D eigenvalue weighted by Gasteiger charge is -2.38. The molecule has 1 amide bonds. The Bertz CT molecular complexity index is 1470. The summed E-state index contributed by atoms with van der Waals surface area (Å²) in [6, 6.07) is 18.9. The molecule has 3 N–H and O–H groups in total. The van der Waals surface area contributed by atoms with E-state index >= 15 is 0 Å². The molecule has 184 valence electrons. The topological polar surface area (TPSA) is 120 Å². The van der Waals surface area contributed by atoms with Crippen molar-refractivity contribution in [3.8, 4) is 0 Å². The molecule has 5 rings (SSSR count). The van der Waals surface area contributed by atoms with E-state index in [4.69, 9.17) is 0 Å². The second-order valence-electron chi connectivity index (χ2n) is 8.03. The first-order valence-corrected chi connectivity index (χ1v) is 13.2. The van der Waals surface area contributed by atoms with Gasteiger partial charge in [0, 0.05) is 35.8 Å². The molecule has 0 bridgehead atoms. The van der Waals surface area contributed by atoms with Crippen molar-refractivity contribution in [2.24, 2.45) is 0 Å². The van der Waals surface area contributed by atoms with Gasteiger partial charge in [0.1, 0.15) is 11.6 Å². The maximum atomic E-state index is 13.1. The predicted octanol–water partition coefficient (Wildman–Crippen LogP) is 3.64. The number of halogens is 1. The van der Waals surface area contributed by atoms with Crippen molar-refractivity contribution in [1.82, 2.24) is 24.8 Å². The summed E-state index contributed by atoms with van der Waals surface area (Å²) in [6.07, 6.45) is 1.69. The van der Waals surface area contributed by atoms with Crippen LogP contribution in [0.2, 0.25) is 0 Å². The summed E-state index contributed by atoms with van der Waals surface area (Å²) in [5.41, 5.74) is 0.464. The number of aromatic nitrogens is 3. The van der Waals surface area contributed by atoms with Crippen molar-refractivity contribution in [2.75, 3.05) is 18.4 Å². The molecule has 3 heterocycles. The summed E-state index contributed by atoms with van der Waals surface area (Å²) in [4.78, 5) is 17.8. The van der Waals surface area contributed by atoms with Gasteiger partial charge in [0.2, 0.25) is 10.0 Å². The highest BCUT2D eigenvalue weighted by Crippen LogP contribution is 2.29. The van der Waals surface area contributed by atoms with Gasteiger partial charge in [-0.3, -0.25) is 9.89 Å². The van der Waals surface area contributed by atoms with Crippen LogP contribution >= 0.6 is 11.8 Å². The zero-order valence-corrected chi connectivity index (χ0v) is 20.4. The standard InChI is InChI=1S/C24H21FN6O3S2/c25-17-7-9-20(10-8-17)36(33,34)31-14-18(15-31)27-24(32)16-4-3-5-19(12-16)35-23-13-22(29-30-23)28-21-6-1-2-11-26-21/h1-13,18H,14-15H2,(H,27,32)(H2,26,28,29,30). The molecule has 0 atom stereocenters. The highest BCUT2D eigenvalue weighted by Gasteiger charge is 2.37. The predicted molar refractivity (Wildman–Crippen MR) is 133 cm³/mol. The van der Waals surface area contributed by atoms with E-state index in [-0.39, 0.29) is 29.9 Å². The van der Waals surface area contributed by atoms with E-state index in [1.54, 1.807) is 24.4 Å². The second-order valence-corrected chi connectivity index (χ2v) is 11.1. The van der Waals surface area contributed by atoms with E-state index in [1.807, 2.05) is 30.3 Å². The molecule has 0 aliphatic carbocycles. The lowest BCUT2D eigenvalue weighted by Crippen LogP contribution is -2.60. The number of benzene rings is 2. The van der Waals surface area contributed by atoms with Gasteiger partial charge < -0.3 is 10.6 Å². The Labute approximate surface area is 211 Å². The second kappa shape index (κ2) is 10.1. The van der Waals surface area contributed by atoms with Gasteiger partial charge in [0.05, 0.1) is 16.0 Å². The van der Waals surface area contributed by atoms with Crippen molar-refractivity contribution in [3.63, 3.8) is 0 Å². The van der Waals surface area contributed by atoms with Gasteiger partial charge in [-0.05, 0) is 54.6 Å². The third kappa shape index (κ3) is 5.40. The molecule has 9 nitrogen and oxygen atoms in total. The Kier molecular flexibility index (Phi) is 6.72. The number of hydrogen-bond acceptors (Lipinski definition) is 7. The van der Waals surface area contributed by atoms with Crippen molar-refractivity contribution >= 4 is 39.3 Å². The maximum absolute atomic E-state index is 13.1. The molecule has 2 aromatic heterocycles. The van der Waals surface area contributed by atoms with Crippen molar-refractivity contribution in [2.45, 2.75) is 20.9 Å². The van der Waals surface area contributed by atoms with Crippen LogP contribution in [0.1, 0.15) is 10.4 Å². The Morgan fingerprint density at radius 3 is 2.58 bits per heavy atom. The first-order chi connectivity index (χ1) is 17.4. The first kappa shape index (κ1) is 24.0. The smallest absolute Gasteiger partial charge is 0.251 e. The number of amides is 1. The Hall–Kier alpha value is -3.74. The highest BCUT2D eigenvalue weighted by atomic mass is 32.2. The molecular weight excluding hydrogens is 503 g/mol. The van der Waals surface area contributed by atoms with E-state index in [2.05, 4.69) is 25.8 Å². The van der Waals surface area contributed by atoms with Crippen molar-refractivity contribution in [3.05, 3.63) is 90.4 Å². The molecule has 12 heteroatoms. The Balaban J connectivity index is 1.16. The number of H-pyrrole nitrogens is 1. The van der Waals surface area contributed by atoms with Crippen LogP contribution in [-0.4, -0.2) is 52.9 Å². The van der Waals surface area contributed by atoms with Crippen LogP contribution in [0.15, 0.2) is 93.8 Å². The number of carbonyl (C=O) groups is 1. The summed E-state index contributed by atoms with van der Waals surface area (Å²) in [5.74, 6) is 0.509. The molecular formula is C24H21FN6O3S2. The van der Waals surface area contributed by atoms with Crippen LogP contribution in [0.25, 0.3) is 0 Å². The monoisotopic (exact) mass is 524 g/mol. The molecule has 4 aromatic rings. The van der Waals surface area contributed by atoms with Gasteiger partial charge in [0.25, 0.3) is 5.91 Å². The van der Waals surface area contributed by atoms with E-state index in [1.165, 1.54) is 28.2 Å². The summed E-state index contributed by atoms with van der Waals surface area (Å²) < 4.78 is 39.6. The number of sulfonamides is 1. The number of pyridine rings is 1. The molecule has 0 spiro atoms. The highest BCUT2D eigenvalue weighted by molar-refractivity contribution is 7.99. The van der Waals surface area contributed by atoms with E-state index in [9.17, 15) is 17.6 Å². The largest absolute Gasteiger partial charge is 0.347 e. The van der Waals surface area contributed by atoms with Gasteiger partial charge in [0.15, 0.2) is 5.82 Å². The van der Waals surface area contributed by atoms with Gasteiger partial charge in [-0.25, -0.2) is 17.8 Å². The zero-order chi connectivity index (χ0) is 25.1. The Morgan fingerprint density at radius 2 is 1.83 bits per heavy atom. The summed E-state index contributed by atoms with van der Waals surface area (Å²) in [5, 5.41) is 13.9. The fourth-order valence-electron chi connectivity index (χ4n) is 3.57. The minimum Gasteiger partial charge on any atom is -0.347 e. The Morgan fingerprint density at radius 1 is 1.03 bits per heavy atom. The van der Waals surface area contributed by atoms with E-state index in [0.29, 0.717) is 17.2 Å². The number of nitrogens with zero attached hydrogens (tertiary/aromatic N) is 3. The van der Waals surface area contributed by atoms with Gasteiger partial charge in [-0.15, -0.1) is 0 Å². The number of hydrogen-bond donors (Lipinski definition) is 3. The lowest BCUT2D eigenvalue weighted by molar-refractivity contribution is 0.0895. The molecule has 0 unspecified atom stereocenters. The first-order valence-electron chi connectivity index (χ1n) is 10.9. The van der Waals surface area contributed by atoms with Crippen LogP contribution in [0.4, 0.5) is 16.0 Å². The third-order valence-electron chi connectivity index (χ3n) is 5.43. The molecule has 1 saturated heterocycles. The molecule has 1 fully saturated rings. The average Bonchev–Trinajstić information content (AvgIpc) is 3.28. The van der Waals surface area contributed by atoms with E-state index in [0.717, 1.165) is 22.1 Å². The van der Waals surface area contributed by atoms with Gasteiger partial charge in [-0.2, -0.15) is 9.40 Å². The number of rotatable bonds is 8. The average molecular weight is 525 g/mol. The van der Waals surface area contributed by atoms with Crippen LogP contribution in [-0.2, 0) is 10.0 Å².